The van der Waals surface area contributed by atoms with Crippen molar-refractivity contribution >= 4 is 0 Å². The molecule has 0 radical (unpaired) electrons. The number of unbranched alkanes of at least 4 members (excludes halogenated alkanes) is 1. The van der Waals surface area contributed by atoms with Gasteiger partial charge in [0.05, 0.1) is 6.54 Å². The molecule has 1 aliphatic heterocycles. The van der Waals surface area contributed by atoms with Crippen LogP contribution < -0.4 is 0 Å². The normalized spacial score (nSPS) is 19.7. The molecule has 1 saturated heterocycles. The molecule has 0 bridgehead atoms. The molecule has 19 heavy (non-hydrogen) atoms. The number of nitrogens with zero attached hydrogens (tertiary/aromatic N) is 1. The second kappa shape index (κ2) is 8.02. The van der Waals surface area contributed by atoms with Crippen molar-refractivity contribution < 1.29 is 0 Å². The maximum Gasteiger partial charge on any atom is 0.0601 e. The first-order valence-corrected chi connectivity index (χ1v) is 7.56. The standard InChI is InChI=1S/C18H25N/c1-17-10-9-15-19(16-17)14-8-3-2-5-11-18-12-6-4-7-13-18/h4,6-7,12-13,17H,2,5,9-11,14-16H2,1H3. The molecule has 1 heterocycles. The first-order chi connectivity index (χ1) is 9.34. The van der Waals surface area contributed by atoms with Crippen LogP contribution in [-0.2, 0) is 6.42 Å². The number of hydrogen-bond donors (Lipinski definition) is 0. The van der Waals surface area contributed by atoms with E-state index in [-0.39, 0.29) is 0 Å². The van der Waals surface area contributed by atoms with Crippen LogP contribution in [0.25, 0.3) is 0 Å². The zero-order valence-electron chi connectivity index (χ0n) is 12.1. The second-order valence-electron chi connectivity index (χ2n) is 5.68. The van der Waals surface area contributed by atoms with Crippen molar-refractivity contribution in [2.45, 2.75) is 39.0 Å². The summed E-state index contributed by atoms with van der Waals surface area (Å²) in [6, 6.07) is 10.7. The van der Waals surface area contributed by atoms with Gasteiger partial charge in [0.2, 0.25) is 0 Å². The van der Waals surface area contributed by atoms with Gasteiger partial charge in [0.15, 0.2) is 0 Å². The summed E-state index contributed by atoms with van der Waals surface area (Å²) in [5, 5.41) is 0. The summed E-state index contributed by atoms with van der Waals surface area (Å²) >= 11 is 0. The fourth-order valence-electron chi connectivity index (χ4n) is 2.71. The van der Waals surface area contributed by atoms with Crippen molar-refractivity contribution in [2.24, 2.45) is 5.92 Å². The maximum atomic E-state index is 3.34. The van der Waals surface area contributed by atoms with E-state index in [1.165, 1.54) is 37.9 Å². The topological polar surface area (TPSA) is 3.24 Å². The van der Waals surface area contributed by atoms with E-state index in [0.29, 0.717) is 0 Å². The highest BCUT2D eigenvalue weighted by atomic mass is 15.1. The van der Waals surface area contributed by atoms with Crippen molar-refractivity contribution in [1.82, 2.24) is 4.90 Å². The van der Waals surface area contributed by atoms with Gasteiger partial charge in [-0.3, -0.25) is 4.90 Å². The van der Waals surface area contributed by atoms with Gasteiger partial charge >= 0.3 is 0 Å². The zero-order valence-corrected chi connectivity index (χ0v) is 12.1. The van der Waals surface area contributed by atoms with Crippen molar-refractivity contribution in [1.29, 1.82) is 0 Å². The minimum Gasteiger partial charge on any atom is -0.292 e. The highest BCUT2D eigenvalue weighted by molar-refractivity contribution is 5.15. The number of aryl methyl sites for hydroxylation is 1. The van der Waals surface area contributed by atoms with Crippen molar-refractivity contribution in [3.63, 3.8) is 0 Å². The average Bonchev–Trinajstić information content (AvgIpc) is 2.44. The van der Waals surface area contributed by atoms with Crippen LogP contribution >= 0.6 is 0 Å². The summed E-state index contributed by atoms with van der Waals surface area (Å²) in [6.45, 7) is 5.79. The Labute approximate surface area is 118 Å². The number of benzene rings is 1. The molecule has 1 aliphatic rings. The molecule has 1 nitrogen and oxygen atoms in total. The maximum absolute atomic E-state index is 3.34. The quantitative estimate of drug-likeness (QED) is 0.585. The first kappa shape index (κ1) is 14.2. The molecule has 1 aromatic rings. The third-order valence-electron chi connectivity index (χ3n) is 3.78. The predicted molar refractivity (Wildman–Crippen MR) is 82.0 cm³/mol. The van der Waals surface area contributed by atoms with Gasteiger partial charge in [-0.2, -0.15) is 0 Å². The fourth-order valence-corrected chi connectivity index (χ4v) is 2.71. The predicted octanol–water partition coefficient (Wildman–Crippen LogP) is 3.74. The van der Waals surface area contributed by atoms with Crippen LogP contribution in [0.5, 0.6) is 0 Å². The van der Waals surface area contributed by atoms with Gasteiger partial charge in [-0.1, -0.05) is 43.2 Å². The highest BCUT2D eigenvalue weighted by Crippen LogP contribution is 2.14. The van der Waals surface area contributed by atoms with E-state index < -0.39 is 0 Å². The summed E-state index contributed by atoms with van der Waals surface area (Å²) in [6.07, 6.45) is 6.08. The Balaban J connectivity index is 1.60. The van der Waals surface area contributed by atoms with Crippen LogP contribution in [-0.4, -0.2) is 24.5 Å². The Morgan fingerprint density at radius 1 is 1.21 bits per heavy atom. The molecule has 1 unspecified atom stereocenters. The number of hydrogen-bond acceptors (Lipinski definition) is 1. The van der Waals surface area contributed by atoms with Crippen molar-refractivity contribution in [3.8, 4) is 11.8 Å². The lowest BCUT2D eigenvalue weighted by Gasteiger charge is -2.28. The molecule has 2 rings (SSSR count). The SMILES string of the molecule is CC1CCCN(CC#CCCCc2ccccc2)C1. The Kier molecular flexibility index (Phi) is 5.98. The summed E-state index contributed by atoms with van der Waals surface area (Å²) in [5.74, 6) is 7.52. The molecular weight excluding hydrogens is 230 g/mol. The van der Waals surface area contributed by atoms with Gasteiger partial charge < -0.3 is 0 Å². The van der Waals surface area contributed by atoms with Gasteiger partial charge in [0.1, 0.15) is 0 Å². The van der Waals surface area contributed by atoms with E-state index in [1.54, 1.807) is 0 Å². The number of piperidine rings is 1. The second-order valence-corrected chi connectivity index (χ2v) is 5.68. The first-order valence-electron chi connectivity index (χ1n) is 7.56. The highest BCUT2D eigenvalue weighted by Gasteiger charge is 2.14. The number of rotatable bonds is 4. The summed E-state index contributed by atoms with van der Waals surface area (Å²) in [7, 11) is 0. The average molecular weight is 255 g/mol. The lowest BCUT2D eigenvalue weighted by molar-refractivity contribution is 0.204. The van der Waals surface area contributed by atoms with Gasteiger partial charge in [-0.25, -0.2) is 0 Å². The fraction of sp³-hybridized carbons (Fsp3) is 0.556. The van der Waals surface area contributed by atoms with Crippen molar-refractivity contribution in [2.75, 3.05) is 19.6 Å². The van der Waals surface area contributed by atoms with Gasteiger partial charge in [-0.15, -0.1) is 5.92 Å². The van der Waals surface area contributed by atoms with Crippen LogP contribution in [0.1, 0.15) is 38.2 Å². The third kappa shape index (κ3) is 5.49. The molecule has 0 spiro atoms. The number of likely N-dealkylation sites (tertiary alicyclic amines) is 1. The molecule has 1 atom stereocenters. The van der Waals surface area contributed by atoms with E-state index in [4.69, 9.17) is 0 Å². The van der Waals surface area contributed by atoms with E-state index in [2.05, 4.69) is 54.0 Å². The van der Waals surface area contributed by atoms with Gasteiger partial charge in [0, 0.05) is 13.0 Å². The van der Waals surface area contributed by atoms with Crippen LogP contribution in [0.3, 0.4) is 0 Å². The Morgan fingerprint density at radius 2 is 2.05 bits per heavy atom. The molecule has 0 amide bonds. The molecule has 1 fully saturated rings. The molecule has 1 aromatic carbocycles. The summed E-state index contributed by atoms with van der Waals surface area (Å²) in [5.41, 5.74) is 1.43. The molecule has 0 aliphatic carbocycles. The van der Waals surface area contributed by atoms with Crippen molar-refractivity contribution in [3.05, 3.63) is 35.9 Å². The minimum absolute atomic E-state index is 0.855. The summed E-state index contributed by atoms with van der Waals surface area (Å²) < 4.78 is 0. The van der Waals surface area contributed by atoms with Crippen LogP contribution in [0.4, 0.5) is 0 Å². The largest absolute Gasteiger partial charge is 0.292 e. The lowest BCUT2D eigenvalue weighted by atomic mass is 10.0. The van der Waals surface area contributed by atoms with E-state index in [0.717, 1.165) is 25.3 Å². The Hall–Kier alpha value is -1.26. The van der Waals surface area contributed by atoms with Crippen LogP contribution in [0.15, 0.2) is 30.3 Å². The molecule has 0 aromatic heterocycles. The molecular formula is C18H25N. The monoisotopic (exact) mass is 255 g/mol. The Morgan fingerprint density at radius 3 is 2.84 bits per heavy atom. The third-order valence-corrected chi connectivity index (χ3v) is 3.78. The molecule has 0 saturated carbocycles. The van der Waals surface area contributed by atoms with Gasteiger partial charge in [0.25, 0.3) is 0 Å². The van der Waals surface area contributed by atoms with Crippen LogP contribution in [0, 0.1) is 17.8 Å². The molecule has 1 heteroatoms. The van der Waals surface area contributed by atoms with Gasteiger partial charge in [-0.05, 0) is 43.7 Å². The van der Waals surface area contributed by atoms with E-state index in [1.807, 2.05) is 0 Å². The smallest absolute Gasteiger partial charge is 0.0601 e. The van der Waals surface area contributed by atoms with E-state index >= 15 is 0 Å². The van der Waals surface area contributed by atoms with E-state index in [9.17, 15) is 0 Å². The Bertz CT molecular complexity index is 412. The zero-order chi connectivity index (χ0) is 13.3. The molecule has 0 N–H and O–H groups in total. The summed E-state index contributed by atoms with van der Waals surface area (Å²) in [4.78, 5) is 2.50. The minimum atomic E-state index is 0.855. The molecule has 102 valence electrons. The lowest BCUT2D eigenvalue weighted by Crippen LogP contribution is -2.34. The van der Waals surface area contributed by atoms with Crippen LogP contribution in [0.2, 0.25) is 0 Å².